The Morgan fingerprint density at radius 1 is 1.27 bits per heavy atom. The average molecular weight is 359 g/mol. The second-order valence-electron chi connectivity index (χ2n) is 5.13. The minimum atomic E-state index is -4.02. The van der Waals surface area contributed by atoms with Gasteiger partial charge in [-0.1, -0.05) is 0 Å². The van der Waals surface area contributed by atoms with Gasteiger partial charge >= 0.3 is 0 Å². The van der Waals surface area contributed by atoms with E-state index in [1.165, 1.54) is 4.31 Å². The van der Waals surface area contributed by atoms with E-state index in [1.54, 1.807) is 7.05 Å². The minimum absolute atomic E-state index is 0. The van der Waals surface area contributed by atoms with Crippen molar-refractivity contribution in [3.8, 4) is 0 Å². The number of hydrogen-bond donors (Lipinski definition) is 1. The van der Waals surface area contributed by atoms with Crippen molar-refractivity contribution < 1.29 is 21.6 Å². The molecule has 22 heavy (non-hydrogen) atoms. The molecule has 4 nitrogen and oxygen atoms in total. The molecule has 126 valence electrons. The van der Waals surface area contributed by atoms with E-state index in [9.17, 15) is 21.6 Å². The van der Waals surface area contributed by atoms with Crippen LogP contribution in [-0.4, -0.2) is 39.4 Å². The number of sulfonamides is 1. The van der Waals surface area contributed by atoms with Crippen LogP contribution in [0.25, 0.3) is 0 Å². The molecule has 1 aromatic carbocycles. The van der Waals surface area contributed by atoms with Crippen LogP contribution in [0, 0.1) is 23.4 Å². The smallest absolute Gasteiger partial charge is 0.243 e. The van der Waals surface area contributed by atoms with E-state index in [-0.39, 0.29) is 24.9 Å². The first-order chi connectivity index (χ1) is 9.86. The van der Waals surface area contributed by atoms with Crippen LogP contribution in [0.1, 0.15) is 12.8 Å². The molecule has 0 saturated carbocycles. The van der Waals surface area contributed by atoms with Gasteiger partial charge in [0, 0.05) is 13.1 Å². The largest absolute Gasteiger partial charge is 0.319 e. The van der Waals surface area contributed by atoms with Crippen molar-refractivity contribution in [3.05, 3.63) is 29.6 Å². The highest BCUT2D eigenvalue weighted by Crippen LogP contribution is 2.25. The zero-order valence-corrected chi connectivity index (χ0v) is 13.6. The van der Waals surface area contributed by atoms with Gasteiger partial charge in [0.25, 0.3) is 0 Å². The normalized spacial score (nSPS) is 19.7. The third kappa shape index (κ3) is 3.92. The van der Waals surface area contributed by atoms with Crippen molar-refractivity contribution in [2.45, 2.75) is 17.7 Å². The van der Waals surface area contributed by atoms with Gasteiger partial charge < -0.3 is 5.32 Å². The number of halogens is 4. The lowest BCUT2D eigenvalue weighted by Crippen LogP contribution is -2.42. The number of nitrogens with one attached hydrogen (secondary N) is 1. The molecular formula is C13H18ClF3N2O2S. The van der Waals surface area contributed by atoms with E-state index in [0.717, 1.165) is 6.42 Å². The molecular weight excluding hydrogens is 341 g/mol. The number of nitrogens with zero attached hydrogens (tertiary/aromatic N) is 1. The summed E-state index contributed by atoms with van der Waals surface area (Å²) in [5.41, 5.74) is 0. The molecule has 1 heterocycles. The third-order valence-corrected chi connectivity index (χ3v) is 5.41. The predicted octanol–water partition coefficient (Wildman–Crippen LogP) is 2.15. The third-order valence-electron chi connectivity index (χ3n) is 3.57. The molecule has 1 fully saturated rings. The van der Waals surface area contributed by atoms with Crippen molar-refractivity contribution in [2.75, 3.05) is 26.7 Å². The summed E-state index contributed by atoms with van der Waals surface area (Å²) in [6, 6.07) is 1.05. The SMILES string of the molecule is CNCC1CCCN(S(=O)(=O)c2cc(F)c(F)c(F)c2)C1.Cl. The molecule has 1 aromatic rings. The first-order valence-electron chi connectivity index (χ1n) is 6.65. The summed E-state index contributed by atoms with van der Waals surface area (Å²) < 4.78 is 65.4. The van der Waals surface area contributed by atoms with Crippen molar-refractivity contribution in [3.63, 3.8) is 0 Å². The number of rotatable bonds is 4. The lowest BCUT2D eigenvalue weighted by Gasteiger charge is -2.31. The molecule has 0 amide bonds. The summed E-state index contributed by atoms with van der Waals surface area (Å²) in [6.45, 7) is 1.24. The maximum Gasteiger partial charge on any atom is 0.243 e. The maximum absolute atomic E-state index is 13.2. The van der Waals surface area contributed by atoms with E-state index in [4.69, 9.17) is 0 Å². The van der Waals surface area contributed by atoms with E-state index >= 15 is 0 Å². The second-order valence-corrected chi connectivity index (χ2v) is 7.07. The van der Waals surface area contributed by atoms with Crippen molar-refractivity contribution >= 4 is 22.4 Å². The van der Waals surface area contributed by atoms with E-state index < -0.39 is 32.4 Å². The molecule has 1 unspecified atom stereocenters. The van der Waals surface area contributed by atoms with E-state index in [0.29, 0.717) is 31.6 Å². The Balaban J connectivity index is 0.00000242. The van der Waals surface area contributed by atoms with Crippen molar-refractivity contribution in [2.24, 2.45) is 5.92 Å². The van der Waals surface area contributed by atoms with Gasteiger partial charge in [-0.05, 0) is 44.5 Å². The van der Waals surface area contributed by atoms with Crippen molar-refractivity contribution in [1.29, 1.82) is 0 Å². The molecule has 0 spiro atoms. The fourth-order valence-corrected chi connectivity index (χ4v) is 4.11. The van der Waals surface area contributed by atoms with Crippen molar-refractivity contribution in [1.82, 2.24) is 9.62 Å². The lowest BCUT2D eigenvalue weighted by atomic mass is 10.00. The summed E-state index contributed by atoms with van der Waals surface area (Å²) in [5, 5.41) is 2.98. The Morgan fingerprint density at radius 3 is 2.41 bits per heavy atom. The Morgan fingerprint density at radius 2 is 1.86 bits per heavy atom. The number of hydrogen-bond acceptors (Lipinski definition) is 3. The minimum Gasteiger partial charge on any atom is -0.319 e. The van der Waals surface area contributed by atoms with Crippen LogP contribution >= 0.6 is 12.4 Å². The molecule has 1 aliphatic rings. The highest BCUT2D eigenvalue weighted by molar-refractivity contribution is 7.89. The predicted molar refractivity (Wildman–Crippen MR) is 79.0 cm³/mol. The fraction of sp³-hybridized carbons (Fsp3) is 0.538. The summed E-state index contributed by atoms with van der Waals surface area (Å²) in [7, 11) is -2.24. The molecule has 1 atom stereocenters. The summed E-state index contributed by atoms with van der Waals surface area (Å²) in [4.78, 5) is -0.552. The zero-order chi connectivity index (χ0) is 15.6. The van der Waals surface area contributed by atoms with Gasteiger partial charge in [0.1, 0.15) is 0 Å². The monoisotopic (exact) mass is 358 g/mol. The molecule has 0 radical (unpaired) electrons. The Hall–Kier alpha value is -0.830. The van der Waals surface area contributed by atoms with Gasteiger partial charge in [-0.3, -0.25) is 0 Å². The molecule has 0 bridgehead atoms. The summed E-state index contributed by atoms with van der Waals surface area (Å²) in [5.74, 6) is -4.52. The van der Waals surface area contributed by atoms with Crippen LogP contribution < -0.4 is 5.32 Å². The highest BCUT2D eigenvalue weighted by atomic mass is 35.5. The van der Waals surface area contributed by atoms with Crippen LogP contribution in [0.5, 0.6) is 0 Å². The van der Waals surface area contributed by atoms with Crippen LogP contribution in [-0.2, 0) is 10.0 Å². The molecule has 1 N–H and O–H groups in total. The highest BCUT2D eigenvalue weighted by Gasteiger charge is 2.31. The first kappa shape index (κ1) is 19.2. The van der Waals surface area contributed by atoms with Gasteiger partial charge in [-0.2, -0.15) is 4.31 Å². The molecule has 1 aliphatic heterocycles. The zero-order valence-electron chi connectivity index (χ0n) is 12.0. The standard InChI is InChI=1S/C13H17F3N2O2S.ClH/c1-17-7-9-3-2-4-18(8-9)21(19,20)10-5-11(14)13(16)12(15)6-10;/h5-6,9,17H,2-4,7-8H2,1H3;1H. The Bertz CT molecular complexity index is 603. The summed E-state index contributed by atoms with van der Waals surface area (Å²) >= 11 is 0. The van der Waals surface area contributed by atoms with Gasteiger partial charge in [-0.25, -0.2) is 21.6 Å². The molecule has 0 aliphatic carbocycles. The number of piperidine rings is 1. The van der Waals surface area contributed by atoms with Crippen LogP contribution in [0.15, 0.2) is 17.0 Å². The number of benzene rings is 1. The van der Waals surface area contributed by atoms with Gasteiger partial charge in [0.2, 0.25) is 10.0 Å². The fourth-order valence-electron chi connectivity index (χ4n) is 2.53. The van der Waals surface area contributed by atoms with Gasteiger partial charge in [0.05, 0.1) is 4.90 Å². The van der Waals surface area contributed by atoms with Gasteiger partial charge in [0.15, 0.2) is 17.5 Å². The quantitative estimate of drug-likeness (QED) is 0.839. The maximum atomic E-state index is 13.2. The summed E-state index contributed by atoms with van der Waals surface area (Å²) in [6.07, 6.45) is 1.57. The van der Waals surface area contributed by atoms with E-state index in [2.05, 4.69) is 5.32 Å². The van der Waals surface area contributed by atoms with Gasteiger partial charge in [-0.15, -0.1) is 12.4 Å². The second kappa shape index (κ2) is 7.63. The Kier molecular flexibility index (Phi) is 6.66. The topological polar surface area (TPSA) is 49.4 Å². The van der Waals surface area contributed by atoms with Crippen LogP contribution in [0.3, 0.4) is 0 Å². The van der Waals surface area contributed by atoms with Crippen LogP contribution in [0.2, 0.25) is 0 Å². The molecule has 0 aromatic heterocycles. The average Bonchev–Trinajstić information content (AvgIpc) is 2.45. The molecule has 1 saturated heterocycles. The van der Waals surface area contributed by atoms with Crippen LogP contribution in [0.4, 0.5) is 13.2 Å². The van der Waals surface area contributed by atoms with E-state index in [1.807, 2.05) is 0 Å². The lowest BCUT2D eigenvalue weighted by molar-refractivity contribution is 0.263. The Labute approximate surface area is 134 Å². The molecule has 2 rings (SSSR count). The molecule has 9 heteroatoms. The first-order valence-corrected chi connectivity index (χ1v) is 8.09.